The second-order valence-electron chi connectivity index (χ2n) is 11.2. The van der Waals surface area contributed by atoms with E-state index in [1.807, 2.05) is 55.7 Å². The van der Waals surface area contributed by atoms with Crippen molar-refractivity contribution in [1.82, 2.24) is 20.0 Å². The van der Waals surface area contributed by atoms with Crippen LogP contribution in [0.4, 0.5) is 11.5 Å². The van der Waals surface area contributed by atoms with Gasteiger partial charge < -0.3 is 10.2 Å². The Bertz CT molecular complexity index is 1550. The normalized spacial score (nSPS) is 14.2. The van der Waals surface area contributed by atoms with Crippen LogP contribution in [0.2, 0.25) is 0 Å². The standard InChI is InChI=1S/C30H34N6O2S/c1-19-7-8-20(29(37)32-24-16-22(30(2,3)4)10-13-27(24)39(6)38)15-26(19)36-18-25(33-34-36)21-9-14-28(31-17-21)35(5)23-11-12-23/h7-10,13-18,23H,11-12H2,1-6H3,(H,32,37). The Kier molecular flexibility index (Phi) is 7.11. The van der Waals surface area contributed by atoms with Gasteiger partial charge in [0, 0.05) is 36.7 Å². The van der Waals surface area contributed by atoms with E-state index < -0.39 is 10.8 Å². The van der Waals surface area contributed by atoms with E-state index in [9.17, 15) is 9.00 Å². The summed E-state index contributed by atoms with van der Waals surface area (Å²) in [7, 11) is 0.825. The van der Waals surface area contributed by atoms with Crippen LogP contribution in [-0.4, -0.2) is 49.4 Å². The first-order valence-electron chi connectivity index (χ1n) is 13.0. The van der Waals surface area contributed by atoms with Crippen LogP contribution in [0.3, 0.4) is 0 Å². The average Bonchev–Trinajstić information content (AvgIpc) is 3.64. The van der Waals surface area contributed by atoms with Gasteiger partial charge in [0.05, 0.1) is 33.3 Å². The highest BCUT2D eigenvalue weighted by Gasteiger charge is 2.27. The number of hydrogen-bond acceptors (Lipinski definition) is 6. The number of carbonyl (C=O) groups is 1. The van der Waals surface area contributed by atoms with Crippen molar-refractivity contribution in [3.05, 3.63) is 77.6 Å². The van der Waals surface area contributed by atoms with Crippen molar-refractivity contribution in [2.24, 2.45) is 0 Å². The maximum Gasteiger partial charge on any atom is 0.255 e. The van der Waals surface area contributed by atoms with E-state index in [0.29, 0.717) is 27.9 Å². The molecule has 1 aliphatic rings. The number of aromatic nitrogens is 4. The van der Waals surface area contributed by atoms with Gasteiger partial charge in [0.25, 0.3) is 5.91 Å². The molecule has 0 aliphatic heterocycles. The number of amides is 1. The Morgan fingerprint density at radius 1 is 1.10 bits per heavy atom. The van der Waals surface area contributed by atoms with Gasteiger partial charge in [-0.25, -0.2) is 9.67 Å². The minimum Gasteiger partial charge on any atom is -0.357 e. The number of benzene rings is 2. The average molecular weight is 543 g/mol. The summed E-state index contributed by atoms with van der Waals surface area (Å²) in [6.45, 7) is 8.28. The summed E-state index contributed by atoms with van der Waals surface area (Å²) in [6.07, 6.45) is 7.71. The van der Waals surface area contributed by atoms with E-state index in [4.69, 9.17) is 0 Å². The molecule has 39 heavy (non-hydrogen) atoms. The Labute approximate surface area is 231 Å². The number of pyridine rings is 1. The van der Waals surface area contributed by atoms with Crippen LogP contribution < -0.4 is 10.2 Å². The van der Waals surface area contributed by atoms with Crippen molar-refractivity contribution < 1.29 is 9.00 Å². The quantitative estimate of drug-likeness (QED) is 0.330. The molecule has 8 nitrogen and oxygen atoms in total. The van der Waals surface area contributed by atoms with Gasteiger partial charge in [-0.15, -0.1) is 5.10 Å². The predicted octanol–water partition coefficient (Wildman–Crippen LogP) is 5.52. The number of nitrogens with one attached hydrogen (secondary N) is 1. The maximum atomic E-state index is 13.3. The highest BCUT2D eigenvalue weighted by molar-refractivity contribution is 7.84. The summed E-state index contributed by atoms with van der Waals surface area (Å²) in [6, 6.07) is 15.8. The van der Waals surface area contributed by atoms with Gasteiger partial charge in [0.2, 0.25) is 0 Å². The zero-order valence-corrected chi connectivity index (χ0v) is 24.0. The summed E-state index contributed by atoms with van der Waals surface area (Å²) in [4.78, 5) is 20.8. The third kappa shape index (κ3) is 5.78. The number of anilines is 2. The third-order valence-corrected chi connectivity index (χ3v) is 8.09. The van der Waals surface area contributed by atoms with E-state index in [0.717, 1.165) is 28.2 Å². The lowest BCUT2D eigenvalue weighted by Crippen LogP contribution is -2.20. The maximum absolute atomic E-state index is 13.3. The molecule has 1 atom stereocenters. The molecule has 2 heterocycles. The zero-order chi connectivity index (χ0) is 27.9. The molecule has 0 radical (unpaired) electrons. The summed E-state index contributed by atoms with van der Waals surface area (Å²) < 4.78 is 14.0. The molecular formula is C30H34N6O2S. The zero-order valence-electron chi connectivity index (χ0n) is 23.2. The summed E-state index contributed by atoms with van der Waals surface area (Å²) >= 11 is 0. The molecular weight excluding hydrogens is 508 g/mol. The van der Waals surface area contributed by atoms with Crippen LogP contribution >= 0.6 is 0 Å². The molecule has 2 aromatic carbocycles. The van der Waals surface area contributed by atoms with E-state index >= 15 is 0 Å². The number of aryl methyl sites for hydroxylation is 1. The number of nitrogens with zero attached hydrogens (tertiary/aromatic N) is 5. The molecule has 202 valence electrons. The van der Waals surface area contributed by atoms with Gasteiger partial charge in [0.15, 0.2) is 0 Å². The first kappa shape index (κ1) is 26.7. The Morgan fingerprint density at radius 2 is 1.87 bits per heavy atom. The predicted molar refractivity (Wildman–Crippen MR) is 156 cm³/mol. The van der Waals surface area contributed by atoms with E-state index in [1.54, 1.807) is 23.1 Å². The van der Waals surface area contributed by atoms with Gasteiger partial charge in [-0.3, -0.25) is 9.00 Å². The van der Waals surface area contributed by atoms with Crippen molar-refractivity contribution in [1.29, 1.82) is 0 Å². The molecule has 4 aromatic rings. The molecule has 1 amide bonds. The Hall–Kier alpha value is -3.85. The van der Waals surface area contributed by atoms with Crippen molar-refractivity contribution in [2.75, 3.05) is 23.5 Å². The van der Waals surface area contributed by atoms with E-state index in [-0.39, 0.29) is 11.3 Å². The topological polar surface area (TPSA) is 93.0 Å². The van der Waals surface area contributed by atoms with Crippen molar-refractivity contribution in [3.63, 3.8) is 0 Å². The fraction of sp³-hybridized carbons (Fsp3) is 0.333. The van der Waals surface area contributed by atoms with Gasteiger partial charge >= 0.3 is 0 Å². The molecule has 1 saturated carbocycles. The largest absolute Gasteiger partial charge is 0.357 e. The molecule has 0 saturated heterocycles. The van der Waals surface area contributed by atoms with Crippen LogP contribution in [-0.2, 0) is 16.2 Å². The summed E-state index contributed by atoms with van der Waals surface area (Å²) in [5, 5.41) is 11.7. The fourth-order valence-corrected chi connectivity index (χ4v) is 5.13. The highest BCUT2D eigenvalue weighted by Crippen LogP contribution is 2.31. The summed E-state index contributed by atoms with van der Waals surface area (Å²) in [5.74, 6) is 0.667. The first-order valence-corrected chi connectivity index (χ1v) is 14.6. The van der Waals surface area contributed by atoms with Crippen LogP contribution in [0, 0.1) is 6.92 Å². The third-order valence-electron chi connectivity index (χ3n) is 7.11. The smallest absolute Gasteiger partial charge is 0.255 e. The molecule has 0 bridgehead atoms. The highest BCUT2D eigenvalue weighted by atomic mass is 32.2. The van der Waals surface area contributed by atoms with Gasteiger partial charge in [-0.1, -0.05) is 38.1 Å². The number of rotatable bonds is 7. The van der Waals surface area contributed by atoms with Crippen LogP contribution in [0.1, 0.15) is 55.1 Å². The first-order chi connectivity index (χ1) is 18.5. The molecule has 0 spiro atoms. The van der Waals surface area contributed by atoms with Crippen LogP contribution in [0.25, 0.3) is 16.9 Å². The molecule has 5 rings (SSSR count). The van der Waals surface area contributed by atoms with Gasteiger partial charge in [0.1, 0.15) is 11.5 Å². The minimum atomic E-state index is -1.25. The molecule has 1 N–H and O–H groups in total. The van der Waals surface area contributed by atoms with Crippen molar-refractivity contribution >= 4 is 28.2 Å². The molecule has 1 unspecified atom stereocenters. The van der Waals surface area contributed by atoms with E-state index in [1.165, 1.54) is 12.8 Å². The van der Waals surface area contributed by atoms with E-state index in [2.05, 4.69) is 53.3 Å². The van der Waals surface area contributed by atoms with Gasteiger partial charge in [-0.2, -0.15) is 0 Å². The lowest BCUT2D eigenvalue weighted by Gasteiger charge is -2.21. The second kappa shape index (κ2) is 10.4. The van der Waals surface area contributed by atoms with Crippen LogP contribution in [0.5, 0.6) is 0 Å². The lowest BCUT2D eigenvalue weighted by atomic mass is 9.87. The van der Waals surface area contributed by atoms with Gasteiger partial charge in [-0.05, 0) is 72.7 Å². The molecule has 1 aliphatic carbocycles. The Morgan fingerprint density at radius 3 is 2.51 bits per heavy atom. The fourth-order valence-electron chi connectivity index (χ4n) is 4.45. The molecule has 2 aromatic heterocycles. The Balaban J connectivity index is 1.39. The SMILES string of the molecule is Cc1ccc(C(=O)Nc2cc(C(C)(C)C)ccc2S(C)=O)cc1-n1cc(-c2ccc(N(C)C3CC3)nc2)nn1. The van der Waals surface area contributed by atoms with Crippen molar-refractivity contribution in [3.8, 4) is 16.9 Å². The molecule has 1 fully saturated rings. The van der Waals surface area contributed by atoms with Crippen LogP contribution in [0.15, 0.2) is 65.8 Å². The number of hydrogen-bond donors (Lipinski definition) is 1. The minimum absolute atomic E-state index is 0.113. The molecule has 9 heteroatoms. The summed E-state index contributed by atoms with van der Waals surface area (Å²) in [5.41, 5.74) is 5.24. The second-order valence-corrected chi connectivity index (χ2v) is 12.5. The number of carbonyl (C=O) groups excluding carboxylic acids is 1. The lowest BCUT2D eigenvalue weighted by molar-refractivity contribution is 0.102. The monoisotopic (exact) mass is 542 g/mol. The van der Waals surface area contributed by atoms with Crippen molar-refractivity contribution in [2.45, 2.75) is 56.9 Å².